The number of anilines is 1. The van der Waals surface area contributed by atoms with Crippen LogP contribution in [0.25, 0.3) is 6.08 Å². The molecule has 2 aromatic rings. The van der Waals surface area contributed by atoms with Gasteiger partial charge < -0.3 is 5.11 Å². The molecule has 0 saturated heterocycles. The highest BCUT2D eigenvalue weighted by Crippen LogP contribution is 2.22. The molecule has 2 heterocycles. The Morgan fingerprint density at radius 1 is 1.37 bits per heavy atom. The van der Waals surface area contributed by atoms with E-state index in [1.807, 2.05) is 13.0 Å². The second-order valence-corrected chi connectivity index (χ2v) is 5.95. The van der Waals surface area contributed by atoms with E-state index in [1.54, 1.807) is 6.07 Å². The Balaban J connectivity index is 2.04. The summed E-state index contributed by atoms with van der Waals surface area (Å²) in [5, 5.41) is 11.6. The third-order valence-electron chi connectivity index (χ3n) is 2.10. The number of aromatic nitrogens is 1. The molecule has 0 fully saturated rings. The topological polar surface area (TPSA) is 79.3 Å². The molecule has 0 aliphatic heterocycles. The quantitative estimate of drug-likeness (QED) is 0.850. The van der Waals surface area contributed by atoms with Gasteiger partial charge in [-0.15, -0.1) is 11.3 Å². The summed E-state index contributed by atoms with van der Waals surface area (Å²) in [6, 6.07) is 3.64. The maximum Gasteiger partial charge on any atom is 0.328 e. The van der Waals surface area contributed by atoms with Crippen LogP contribution in [-0.4, -0.2) is 22.0 Å². The Bertz CT molecular complexity index is 643. The highest BCUT2D eigenvalue weighted by atomic mass is 32.1. The summed E-state index contributed by atoms with van der Waals surface area (Å²) in [4.78, 5) is 28.6. The molecule has 0 aromatic carbocycles. The van der Waals surface area contributed by atoms with E-state index in [-0.39, 0.29) is 5.91 Å². The van der Waals surface area contributed by atoms with E-state index >= 15 is 0 Å². The molecular formula is C12H10N2O3S2. The molecular weight excluding hydrogens is 284 g/mol. The number of carboxylic acid groups (broad SMARTS) is 1. The standard InChI is InChI=1S/C12H10N2O3S2/c1-7-2-4-9(18-7)11(17)14-12-13-6-8(19-12)3-5-10(15)16/h2-6H,1H3,(H,15,16)(H,13,14,17). The van der Waals surface area contributed by atoms with Gasteiger partial charge in [0.25, 0.3) is 5.91 Å². The molecule has 2 N–H and O–H groups in total. The van der Waals surface area contributed by atoms with E-state index in [0.717, 1.165) is 11.0 Å². The predicted octanol–water partition coefficient (Wildman–Crippen LogP) is 2.86. The third kappa shape index (κ3) is 3.73. The number of nitrogens with one attached hydrogen (secondary N) is 1. The van der Waals surface area contributed by atoms with Gasteiger partial charge >= 0.3 is 5.97 Å². The molecule has 0 atom stereocenters. The van der Waals surface area contributed by atoms with Crippen LogP contribution in [0.5, 0.6) is 0 Å². The molecule has 0 saturated carbocycles. The van der Waals surface area contributed by atoms with Crippen molar-refractivity contribution in [3.05, 3.63) is 39.0 Å². The molecule has 0 aliphatic carbocycles. The lowest BCUT2D eigenvalue weighted by molar-refractivity contribution is -0.131. The molecule has 0 bridgehead atoms. The van der Waals surface area contributed by atoms with Gasteiger partial charge in [0.05, 0.1) is 4.88 Å². The average molecular weight is 294 g/mol. The summed E-state index contributed by atoms with van der Waals surface area (Å²) in [5.41, 5.74) is 0. The number of carboxylic acids is 1. The number of thiazole rings is 1. The number of aliphatic carboxylic acids is 1. The molecule has 0 aliphatic rings. The molecule has 0 spiro atoms. The van der Waals surface area contributed by atoms with Crippen LogP contribution in [0, 0.1) is 6.92 Å². The number of hydrogen-bond acceptors (Lipinski definition) is 5. The summed E-state index contributed by atoms with van der Waals surface area (Å²) in [5.74, 6) is -1.23. The summed E-state index contributed by atoms with van der Waals surface area (Å²) >= 11 is 2.63. The maximum absolute atomic E-state index is 11.9. The van der Waals surface area contributed by atoms with Crippen molar-refractivity contribution in [3.63, 3.8) is 0 Å². The lowest BCUT2D eigenvalue weighted by Gasteiger charge is -1.97. The minimum atomic E-state index is -1.02. The van der Waals surface area contributed by atoms with Gasteiger partial charge in [-0.2, -0.15) is 0 Å². The van der Waals surface area contributed by atoms with Gasteiger partial charge in [-0.3, -0.25) is 10.1 Å². The monoisotopic (exact) mass is 294 g/mol. The Hall–Kier alpha value is -1.99. The van der Waals surface area contributed by atoms with Gasteiger partial charge in [0.15, 0.2) is 5.13 Å². The fraction of sp³-hybridized carbons (Fsp3) is 0.0833. The molecule has 0 unspecified atom stereocenters. The van der Waals surface area contributed by atoms with Gasteiger partial charge in [0, 0.05) is 22.0 Å². The minimum absolute atomic E-state index is 0.207. The number of aryl methyl sites for hydroxylation is 1. The van der Waals surface area contributed by atoms with Crippen molar-refractivity contribution in [1.29, 1.82) is 0 Å². The van der Waals surface area contributed by atoms with Crippen LogP contribution >= 0.6 is 22.7 Å². The van der Waals surface area contributed by atoms with Crippen LogP contribution in [0.3, 0.4) is 0 Å². The average Bonchev–Trinajstić information content (AvgIpc) is 2.95. The van der Waals surface area contributed by atoms with Crippen LogP contribution in [0.1, 0.15) is 19.4 Å². The zero-order valence-corrected chi connectivity index (χ0v) is 11.5. The number of rotatable bonds is 4. The number of carbonyl (C=O) groups is 2. The number of carbonyl (C=O) groups excluding carboxylic acids is 1. The number of thiophene rings is 1. The van der Waals surface area contributed by atoms with Gasteiger partial charge in [0.2, 0.25) is 0 Å². The Morgan fingerprint density at radius 2 is 2.16 bits per heavy atom. The fourth-order valence-corrected chi connectivity index (χ4v) is 2.77. The summed E-state index contributed by atoms with van der Waals surface area (Å²) in [6.07, 6.45) is 3.98. The molecule has 98 valence electrons. The van der Waals surface area contributed by atoms with Gasteiger partial charge in [-0.25, -0.2) is 9.78 Å². The summed E-state index contributed by atoms with van der Waals surface area (Å²) < 4.78 is 0. The normalized spacial score (nSPS) is 10.8. The number of hydrogen-bond donors (Lipinski definition) is 2. The largest absolute Gasteiger partial charge is 0.478 e. The highest BCUT2D eigenvalue weighted by Gasteiger charge is 2.10. The zero-order chi connectivity index (χ0) is 13.8. The molecule has 5 nitrogen and oxygen atoms in total. The molecule has 7 heteroatoms. The first kappa shape index (κ1) is 13.4. The van der Waals surface area contributed by atoms with Crippen LogP contribution in [0.2, 0.25) is 0 Å². The first-order valence-electron chi connectivity index (χ1n) is 5.29. The van der Waals surface area contributed by atoms with Crippen LogP contribution in [0.15, 0.2) is 24.4 Å². The van der Waals surface area contributed by atoms with Crippen LogP contribution in [0.4, 0.5) is 5.13 Å². The van der Waals surface area contributed by atoms with Gasteiger partial charge in [-0.1, -0.05) is 11.3 Å². The van der Waals surface area contributed by atoms with E-state index in [1.165, 1.54) is 34.9 Å². The van der Waals surface area contributed by atoms with E-state index in [0.29, 0.717) is 14.9 Å². The molecule has 1 amide bonds. The maximum atomic E-state index is 11.9. The van der Waals surface area contributed by atoms with E-state index in [2.05, 4.69) is 10.3 Å². The lowest BCUT2D eigenvalue weighted by atomic mass is 10.4. The van der Waals surface area contributed by atoms with Crippen molar-refractivity contribution in [3.8, 4) is 0 Å². The van der Waals surface area contributed by atoms with Crippen molar-refractivity contribution >= 4 is 45.8 Å². The van der Waals surface area contributed by atoms with E-state index < -0.39 is 5.97 Å². The SMILES string of the molecule is Cc1ccc(C(=O)Nc2ncc(C=CC(=O)O)s2)s1. The number of nitrogens with zero attached hydrogens (tertiary/aromatic N) is 1. The molecule has 19 heavy (non-hydrogen) atoms. The van der Waals surface area contributed by atoms with Crippen molar-refractivity contribution in [1.82, 2.24) is 4.98 Å². The summed E-state index contributed by atoms with van der Waals surface area (Å²) in [6.45, 7) is 1.93. The summed E-state index contributed by atoms with van der Waals surface area (Å²) in [7, 11) is 0. The Labute approximate surface area is 117 Å². The zero-order valence-electron chi connectivity index (χ0n) is 9.91. The first-order chi connectivity index (χ1) is 9.04. The second kappa shape index (κ2) is 5.77. The highest BCUT2D eigenvalue weighted by molar-refractivity contribution is 7.17. The second-order valence-electron chi connectivity index (χ2n) is 3.60. The third-order valence-corrected chi connectivity index (χ3v) is 3.98. The minimum Gasteiger partial charge on any atom is -0.478 e. The van der Waals surface area contributed by atoms with Crippen LogP contribution < -0.4 is 5.32 Å². The first-order valence-corrected chi connectivity index (χ1v) is 6.92. The van der Waals surface area contributed by atoms with E-state index in [4.69, 9.17) is 5.11 Å². The Morgan fingerprint density at radius 3 is 2.79 bits per heavy atom. The molecule has 0 radical (unpaired) electrons. The van der Waals surface area contributed by atoms with Gasteiger partial charge in [0.1, 0.15) is 0 Å². The van der Waals surface area contributed by atoms with E-state index in [9.17, 15) is 9.59 Å². The fourth-order valence-electron chi connectivity index (χ4n) is 1.29. The molecule has 2 rings (SSSR count). The predicted molar refractivity (Wildman–Crippen MR) is 75.8 cm³/mol. The van der Waals surface area contributed by atoms with Crippen molar-refractivity contribution in [2.24, 2.45) is 0 Å². The van der Waals surface area contributed by atoms with Crippen molar-refractivity contribution in [2.75, 3.05) is 5.32 Å². The van der Waals surface area contributed by atoms with Gasteiger partial charge in [-0.05, 0) is 25.1 Å². The Kier molecular flexibility index (Phi) is 4.08. The lowest BCUT2D eigenvalue weighted by Crippen LogP contribution is -2.09. The van der Waals surface area contributed by atoms with Crippen molar-refractivity contribution < 1.29 is 14.7 Å². The van der Waals surface area contributed by atoms with Crippen LogP contribution in [-0.2, 0) is 4.79 Å². The number of amides is 1. The van der Waals surface area contributed by atoms with Crippen molar-refractivity contribution in [2.45, 2.75) is 6.92 Å². The molecule has 2 aromatic heterocycles. The smallest absolute Gasteiger partial charge is 0.328 e.